The normalized spacial score (nSPS) is 17.4. The zero-order valence-electron chi connectivity index (χ0n) is 10.9. The number of rotatable bonds is 3. The Balaban J connectivity index is 1.72. The molecule has 0 spiro atoms. The van der Waals surface area contributed by atoms with Gasteiger partial charge in [-0.3, -0.25) is 0 Å². The van der Waals surface area contributed by atoms with Gasteiger partial charge >= 0.3 is 0 Å². The lowest BCUT2D eigenvalue weighted by Gasteiger charge is -2.14. The summed E-state index contributed by atoms with van der Waals surface area (Å²) in [5.41, 5.74) is 3.30. The molecule has 19 heavy (non-hydrogen) atoms. The third-order valence-electron chi connectivity index (χ3n) is 3.61. The lowest BCUT2D eigenvalue weighted by Crippen LogP contribution is -2.19. The molecule has 0 saturated carbocycles. The van der Waals surface area contributed by atoms with Gasteiger partial charge in [-0.25, -0.2) is 9.97 Å². The standard InChI is InChI=1S/C15H17N3O/c1-10-16-8-7-11(18-10)9-17-14-6-5-13-12(14)3-2-4-15(13)19/h2-4,7-8,14,17,19H,5-6,9H2,1H3. The number of nitrogens with zero attached hydrogens (tertiary/aromatic N) is 2. The second-order valence-corrected chi connectivity index (χ2v) is 4.91. The molecular formula is C15H17N3O. The molecule has 1 unspecified atom stereocenters. The van der Waals surface area contributed by atoms with Crippen molar-refractivity contribution in [1.29, 1.82) is 0 Å². The van der Waals surface area contributed by atoms with Crippen molar-refractivity contribution < 1.29 is 5.11 Å². The number of fused-ring (bicyclic) bond motifs is 1. The highest BCUT2D eigenvalue weighted by Gasteiger charge is 2.23. The van der Waals surface area contributed by atoms with Gasteiger partial charge in [0.1, 0.15) is 11.6 Å². The lowest BCUT2D eigenvalue weighted by molar-refractivity contribution is 0.469. The second-order valence-electron chi connectivity index (χ2n) is 4.91. The van der Waals surface area contributed by atoms with Crippen LogP contribution in [0.25, 0.3) is 0 Å². The Hall–Kier alpha value is -1.94. The molecule has 0 radical (unpaired) electrons. The molecule has 0 fully saturated rings. The van der Waals surface area contributed by atoms with Crippen LogP contribution in [0.15, 0.2) is 30.5 Å². The van der Waals surface area contributed by atoms with Crippen LogP contribution >= 0.6 is 0 Å². The van der Waals surface area contributed by atoms with E-state index in [4.69, 9.17) is 0 Å². The number of hydrogen-bond acceptors (Lipinski definition) is 4. The highest BCUT2D eigenvalue weighted by molar-refractivity contribution is 5.44. The summed E-state index contributed by atoms with van der Waals surface area (Å²) >= 11 is 0. The SMILES string of the molecule is Cc1nccc(CNC2CCc3c(O)cccc32)n1. The van der Waals surface area contributed by atoms with Crippen LogP contribution in [-0.4, -0.2) is 15.1 Å². The molecule has 0 saturated heterocycles. The number of phenolic OH excluding ortho intramolecular Hbond substituents is 1. The van der Waals surface area contributed by atoms with Crippen molar-refractivity contribution in [2.75, 3.05) is 0 Å². The van der Waals surface area contributed by atoms with Crippen LogP contribution < -0.4 is 5.32 Å². The minimum absolute atomic E-state index is 0.303. The molecule has 1 aliphatic rings. The molecule has 1 aliphatic carbocycles. The topological polar surface area (TPSA) is 58.0 Å². The number of hydrogen-bond donors (Lipinski definition) is 2. The van der Waals surface area contributed by atoms with Crippen molar-refractivity contribution >= 4 is 0 Å². The maximum Gasteiger partial charge on any atom is 0.125 e. The molecule has 0 aliphatic heterocycles. The van der Waals surface area contributed by atoms with E-state index in [1.54, 1.807) is 12.3 Å². The second kappa shape index (κ2) is 4.97. The fourth-order valence-corrected chi connectivity index (χ4v) is 2.68. The van der Waals surface area contributed by atoms with Crippen LogP contribution in [-0.2, 0) is 13.0 Å². The van der Waals surface area contributed by atoms with Gasteiger partial charge in [0, 0.05) is 18.8 Å². The summed E-state index contributed by atoms with van der Waals surface area (Å²) in [5.74, 6) is 1.21. The van der Waals surface area contributed by atoms with Gasteiger partial charge in [0.2, 0.25) is 0 Å². The monoisotopic (exact) mass is 255 g/mol. The van der Waals surface area contributed by atoms with Crippen LogP contribution in [0.1, 0.15) is 35.1 Å². The molecule has 2 N–H and O–H groups in total. The first-order valence-electron chi connectivity index (χ1n) is 6.56. The Kier molecular flexibility index (Phi) is 3.17. The quantitative estimate of drug-likeness (QED) is 0.883. The Bertz CT molecular complexity index is 598. The van der Waals surface area contributed by atoms with Crippen LogP contribution in [0.3, 0.4) is 0 Å². The minimum Gasteiger partial charge on any atom is -0.508 e. The van der Waals surface area contributed by atoms with Crippen molar-refractivity contribution in [3.63, 3.8) is 0 Å². The molecule has 4 nitrogen and oxygen atoms in total. The molecule has 4 heteroatoms. The molecule has 0 bridgehead atoms. The van der Waals surface area contributed by atoms with E-state index in [0.29, 0.717) is 11.8 Å². The fourth-order valence-electron chi connectivity index (χ4n) is 2.68. The van der Waals surface area contributed by atoms with Crippen molar-refractivity contribution in [2.45, 2.75) is 32.4 Å². The van der Waals surface area contributed by atoms with Crippen molar-refractivity contribution in [2.24, 2.45) is 0 Å². The third-order valence-corrected chi connectivity index (χ3v) is 3.61. The number of benzene rings is 1. The van der Waals surface area contributed by atoms with E-state index < -0.39 is 0 Å². The summed E-state index contributed by atoms with van der Waals surface area (Å²) in [7, 11) is 0. The summed E-state index contributed by atoms with van der Waals surface area (Å²) in [6, 6.07) is 7.98. The molecule has 98 valence electrons. The van der Waals surface area contributed by atoms with Crippen molar-refractivity contribution in [1.82, 2.24) is 15.3 Å². The average Bonchev–Trinajstić information content (AvgIpc) is 2.81. The molecular weight excluding hydrogens is 238 g/mol. The van der Waals surface area contributed by atoms with Crippen LogP contribution in [0.4, 0.5) is 0 Å². The molecule has 1 aromatic carbocycles. The summed E-state index contributed by atoms with van der Waals surface area (Å²) in [6.45, 7) is 2.62. The number of aromatic nitrogens is 2. The first-order chi connectivity index (χ1) is 9.24. The molecule has 0 amide bonds. The third kappa shape index (κ3) is 2.44. The van der Waals surface area contributed by atoms with Crippen LogP contribution in [0.2, 0.25) is 0 Å². The van der Waals surface area contributed by atoms with E-state index in [2.05, 4.69) is 21.4 Å². The van der Waals surface area contributed by atoms with E-state index >= 15 is 0 Å². The van der Waals surface area contributed by atoms with Gasteiger partial charge in [0.25, 0.3) is 0 Å². The Morgan fingerprint density at radius 3 is 3.11 bits per heavy atom. The van der Waals surface area contributed by atoms with Gasteiger partial charge in [-0.1, -0.05) is 12.1 Å². The van der Waals surface area contributed by atoms with Crippen molar-refractivity contribution in [3.8, 4) is 5.75 Å². The number of aryl methyl sites for hydroxylation is 1. The van der Waals surface area contributed by atoms with Crippen molar-refractivity contribution in [3.05, 3.63) is 53.1 Å². The smallest absolute Gasteiger partial charge is 0.125 e. The van der Waals surface area contributed by atoms with Gasteiger partial charge in [0.15, 0.2) is 0 Å². The van der Waals surface area contributed by atoms with Gasteiger partial charge in [0.05, 0.1) is 5.69 Å². The predicted molar refractivity (Wildman–Crippen MR) is 72.8 cm³/mol. The fraction of sp³-hybridized carbons (Fsp3) is 0.333. The van der Waals surface area contributed by atoms with E-state index in [1.807, 2.05) is 19.1 Å². The summed E-state index contributed by atoms with van der Waals surface area (Å²) < 4.78 is 0. The molecule has 1 heterocycles. The Labute approximate surface area is 112 Å². The Morgan fingerprint density at radius 1 is 1.37 bits per heavy atom. The van der Waals surface area contributed by atoms with Gasteiger partial charge < -0.3 is 10.4 Å². The van der Waals surface area contributed by atoms with Gasteiger partial charge in [-0.15, -0.1) is 0 Å². The lowest BCUT2D eigenvalue weighted by atomic mass is 10.1. The van der Waals surface area contributed by atoms with Crippen LogP contribution in [0, 0.1) is 6.92 Å². The zero-order valence-corrected chi connectivity index (χ0v) is 10.9. The van der Waals surface area contributed by atoms with Gasteiger partial charge in [-0.05, 0) is 43.0 Å². The largest absolute Gasteiger partial charge is 0.508 e. The van der Waals surface area contributed by atoms with E-state index in [1.165, 1.54) is 5.56 Å². The number of nitrogens with one attached hydrogen (secondary N) is 1. The van der Waals surface area contributed by atoms with Gasteiger partial charge in [-0.2, -0.15) is 0 Å². The maximum atomic E-state index is 9.82. The zero-order chi connectivity index (χ0) is 13.2. The van der Waals surface area contributed by atoms with E-state index in [-0.39, 0.29) is 0 Å². The minimum atomic E-state index is 0.303. The predicted octanol–water partition coefficient (Wildman–Crippen LogP) is 2.27. The molecule has 1 atom stereocenters. The maximum absolute atomic E-state index is 9.82. The first-order valence-corrected chi connectivity index (χ1v) is 6.56. The summed E-state index contributed by atoms with van der Waals surface area (Å²) in [6.07, 6.45) is 3.74. The Morgan fingerprint density at radius 2 is 2.26 bits per heavy atom. The van der Waals surface area contributed by atoms with Crippen LogP contribution in [0.5, 0.6) is 5.75 Å². The van der Waals surface area contributed by atoms with E-state index in [9.17, 15) is 5.11 Å². The molecule has 3 rings (SSSR count). The number of aromatic hydroxyl groups is 1. The summed E-state index contributed by atoms with van der Waals surface area (Å²) in [5, 5.41) is 13.3. The highest BCUT2D eigenvalue weighted by atomic mass is 16.3. The van der Waals surface area contributed by atoms with E-state index in [0.717, 1.165) is 36.5 Å². The molecule has 2 aromatic rings. The number of phenols is 1. The summed E-state index contributed by atoms with van der Waals surface area (Å²) in [4.78, 5) is 8.48. The highest BCUT2D eigenvalue weighted by Crippen LogP contribution is 2.36. The molecule has 1 aromatic heterocycles. The first kappa shape index (κ1) is 12.1. The average molecular weight is 255 g/mol.